The van der Waals surface area contributed by atoms with Crippen molar-refractivity contribution in [3.63, 3.8) is 0 Å². The number of allylic oxidation sites excluding steroid dienone is 2. The molecule has 0 radical (unpaired) electrons. The lowest BCUT2D eigenvalue weighted by molar-refractivity contribution is 0.391. The molecule has 0 aliphatic carbocycles. The van der Waals surface area contributed by atoms with Crippen LogP contribution in [0.3, 0.4) is 0 Å². The Labute approximate surface area is 150 Å². The highest BCUT2D eigenvalue weighted by atomic mass is 16.5. The van der Waals surface area contributed by atoms with E-state index in [2.05, 4.69) is 32.1 Å². The molecule has 0 fully saturated rings. The van der Waals surface area contributed by atoms with Gasteiger partial charge in [-0.3, -0.25) is 0 Å². The molecule has 3 nitrogen and oxygen atoms in total. The molecule has 0 aromatic heterocycles. The van der Waals surface area contributed by atoms with Crippen LogP contribution >= 0.6 is 0 Å². The zero-order valence-corrected chi connectivity index (χ0v) is 15.6. The molecule has 3 heteroatoms. The molecular formula is C22H26O3. The van der Waals surface area contributed by atoms with E-state index in [4.69, 9.17) is 14.2 Å². The Morgan fingerprint density at radius 2 is 1.52 bits per heavy atom. The third-order valence-electron chi connectivity index (χ3n) is 3.96. The molecule has 0 spiro atoms. The van der Waals surface area contributed by atoms with Gasteiger partial charge in [0, 0.05) is 11.6 Å². The average molecular weight is 338 g/mol. The van der Waals surface area contributed by atoms with Crippen LogP contribution in [0, 0.1) is 0 Å². The third-order valence-corrected chi connectivity index (χ3v) is 3.96. The average Bonchev–Trinajstić information content (AvgIpc) is 2.64. The molecule has 0 aliphatic rings. The Morgan fingerprint density at radius 1 is 0.840 bits per heavy atom. The summed E-state index contributed by atoms with van der Waals surface area (Å²) in [5, 5.41) is 0. The largest absolute Gasteiger partial charge is 0.497 e. The Balaban J connectivity index is 2.41. The molecule has 2 aromatic carbocycles. The monoisotopic (exact) mass is 338 g/mol. The van der Waals surface area contributed by atoms with E-state index < -0.39 is 0 Å². The summed E-state index contributed by atoms with van der Waals surface area (Å²) in [5.41, 5.74) is 4.62. The van der Waals surface area contributed by atoms with E-state index in [0.717, 1.165) is 40.4 Å². The summed E-state index contributed by atoms with van der Waals surface area (Å²) < 4.78 is 16.2. The van der Waals surface area contributed by atoms with Gasteiger partial charge in [-0.25, -0.2) is 0 Å². The first-order valence-corrected chi connectivity index (χ1v) is 8.27. The molecule has 0 saturated heterocycles. The minimum absolute atomic E-state index is 0.784. The van der Waals surface area contributed by atoms with Gasteiger partial charge in [0.15, 0.2) is 0 Å². The van der Waals surface area contributed by atoms with Gasteiger partial charge in [-0.2, -0.15) is 0 Å². The summed E-state index contributed by atoms with van der Waals surface area (Å²) in [6, 6.07) is 11.9. The van der Waals surface area contributed by atoms with E-state index in [-0.39, 0.29) is 0 Å². The molecule has 25 heavy (non-hydrogen) atoms. The summed E-state index contributed by atoms with van der Waals surface area (Å²) in [6.07, 6.45) is 7.20. The lowest BCUT2D eigenvalue weighted by atomic mass is 10.00. The van der Waals surface area contributed by atoms with Gasteiger partial charge >= 0.3 is 0 Å². The highest BCUT2D eigenvalue weighted by Gasteiger charge is 2.10. The van der Waals surface area contributed by atoms with Crippen LogP contribution in [-0.4, -0.2) is 21.3 Å². The zero-order chi connectivity index (χ0) is 18.2. The van der Waals surface area contributed by atoms with Gasteiger partial charge in [-0.1, -0.05) is 35.9 Å². The quantitative estimate of drug-likeness (QED) is 0.500. The molecule has 2 rings (SSSR count). The maximum atomic E-state index is 5.58. The van der Waals surface area contributed by atoms with Gasteiger partial charge in [0.2, 0.25) is 0 Å². The summed E-state index contributed by atoms with van der Waals surface area (Å²) in [6.45, 7) is 4.20. The first kappa shape index (κ1) is 18.7. The normalized spacial score (nSPS) is 10.6. The fourth-order valence-electron chi connectivity index (χ4n) is 2.51. The maximum Gasteiger partial charge on any atom is 0.126 e. The first-order chi connectivity index (χ1) is 12.1. The van der Waals surface area contributed by atoms with Crippen LogP contribution < -0.4 is 14.2 Å². The Hall–Kier alpha value is -2.68. The number of rotatable bonds is 7. The Kier molecular flexibility index (Phi) is 6.70. The van der Waals surface area contributed by atoms with Gasteiger partial charge < -0.3 is 14.2 Å². The molecule has 0 aliphatic heterocycles. The summed E-state index contributed by atoms with van der Waals surface area (Å²) >= 11 is 0. The van der Waals surface area contributed by atoms with Crippen LogP contribution in [0.2, 0.25) is 0 Å². The van der Waals surface area contributed by atoms with Crippen molar-refractivity contribution in [2.24, 2.45) is 0 Å². The lowest BCUT2D eigenvalue weighted by Crippen LogP contribution is -1.97. The minimum atomic E-state index is 0.784. The van der Waals surface area contributed by atoms with Crippen molar-refractivity contribution in [3.05, 3.63) is 64.7 Å². The molecule has 0 bridgehead atoms. The van der Waals surface area contributed by atoms with Gasteiger partial charge in [0.05, 0.1) is 21.3 Å². The van der Waals surface area contributed by atoms with E-state index >= 15 is 0 Å². The smallest absolute Gasteiger partial charge is 0.126 e. The second-order valence-electron chi connectivity index (χ2n) is 5.99. The van der Waals surface area contributed by atoms with Crippen LogP contribution in [-0.2, 0) is 6.42 Å². The van der Waals surface area contributed by atoms with E-state index in [0.29, 0.717) is 0 Å². The number of hydrogen-bond acceptors (Lipinski definition) is 3. The SMILES string of the molecule is COc1ccc(/C=C/c2cc(OC)cc(OC)c2CC=C(C)C)cc1. The summed E-state index contributed by atoms with van der Waals surface area (Å²) in [5.74, 6) is 2.47. The molecule has 0 atom stereocenters. The molecule has 0 saturated carbocycles. The zero-order valence-electron chi connectivity index (χ0n) is 15.6. The van der Waals surface area contributed by atoms with Crippen LogP contribution in [0.15, 0.2) is 48.0 Å². The second kappa shape index (κ2) is 8.97. The summed E-state index contributed by atoms with van der Waals surface area (Å²) in [4.78, 5) is 0. The van der Waals surface area contributed by atoms with Crippen molar-refractivity contribution in [2.45, 2.75) is 20.3 Å². The highest BCUT2D eigenvalue weighted by Crippen LogP contribution is 2.31. The molecular weight excluding hydrogens is 312 g/mol. The number of hydrogen-bond donors (Lipinski definition) is 0. The molecule has 132 valence electrons. The summed E-state index contributed by atoms with van der Waals surface area (Å²) in [7, 11) is 5.03. The highest BCUT2D eigenvalue weighted by molar-refractivity contribution is 5.73. The fraction of sp³-hybridized carbons (Fsp3) is 0.273. The van der Waals surface area contributed by atoms with E-state index in [9.17, 15) is 0 Å². The van der Waals surface area contributed by atoms with Crippen LogP contribution in [0.25, 0.3) is 12.2 Å². The van der Waals surface area contributed by atoms with Crippen molar-refractivity contribution in [2.75, 3.05) is 21.3 Å². The van der Waals surface area contributed by atoms with Crippen molar-refractivity contribution in [1.82, 2.24) is 0 Å². The van der Waals surface area contributed by atoms with Gasteiger partial charge in [-0.05, 0) is 49.6 Å². The molecule has 0 unspecified atom stereocenters. The maximum absolute atomic E-state index is 5.58. The number of benzene rings is 2. The van der Waals surface area contributed by atoms with E-state index in [1.54, 1.807) is 21.3 Å². The van der Waals surface area contributed by atoms with E-state index in [1.807, 2.05) is 36.4 Å². The van der Waals surface area contributed by atoms with Crippen molar-refractivity contribution in [3.8, 4) is 17.2 Å². The Morgan fingerprint density at radius 3 is 2.08 bits per heavy atom. The molecule has 0 heterocycles. The van der Waals surface area contributed by atoms with Crippen LogP contribution in [0.1, 0.15) is 30.5 Å². The minimum Gasteiger partial charge on any atom is -0.497 e. The van der Waals surface area contributed by atoms with Crippen molar-refractivity contribution in [1.29, 1.82) is 0 Å². The second-order valence-corrected chi connectivity index (χ2v) is 5.99. The predicted octanol–water partition coefficient (Wildman–Crippen LogP) is 5.39. The van der Waals surface area contributed by atoms with Gasteiger partial charge in [-0.15, -0.1) is 0 Å². The molecule has 0 amide bonds. The standard InChI is InChI=1S/C22H26O3/c1-16(2)6-13-21-18(14-20(24-4)15-22(21)25-5)10-7-17-8-11-19(23-3)12-9-17/h6-12,14-15H,13H2,1-5H3/b10-7+. The van der Waals surface area contributed by atoms with Gasteiger partial charge in [0.25, 0.3) is 0 Å². The lowest BCUT2D eigenvalue weighted by Gasteiger charge is -2.13. The third kappa shape index (κ3) is 5.15. The predicted molar refractivity (Wildman–Crippen MR) is 105 cm³/mol. The first-order valence-electron chi connectivity index (χ1n) is 8.27. The fourth-order valence-corrected chi connectivity index (χ4v) is 2.51. The Bertz CT molecular complexity index is 752. The van der Waals surface area contributed by atoms with Crippen molar-refractivity contribution >= 4 is 12.2 Å². The van der Waals surface area contributed by atoms with E-state index in [1.165, 1.54) is 5.57 Å². The molecule has 0 N–H and O–H groups in total. The van der Waals surface area contributed by atoms with Crippen LogP contribution in [0.4, 0.5) is 0 Å². The number of methoxy groups -OCH3 is 3. The number of ether oxygens (including phenoxy) is 3. The van der Waals surface area contributed by atoms with Crippen molar-refractivity contribution < 1.29 is 14.2 Å². The van der Waals surface area contributed by atoms with Gasteiger partial charge in [0.1, 0.15) is 17.2 Å². The topological polar surface area (TPSA) is 27.7 Å². The molecule has 2 aromatic rings. The van der Waals surface area contributed by atoms with Crippen LogP contribution in [0.5, 0.6) is 17.2 Å².